The molecule has 0 radical (unpaired) electrons. The fourth-order valence-electron chi connectivity index (χ4n) is 1.09. The van der Waals surface area contributed by atoms with E-state index in [9.17, 15) is 0 Å². The molecule has 0 fully saturated rings. The van der Waals surface area contributed by atoms with Crippen molar-refractivity contribution in [1.82, 2.24) is 14.5 Å². The molecular weight excluding hydrogens is 241 g/mol. The summed E-state index contributed by atoms with van der Waals surface area (Å²) < 4.78 is 2.88. The Balaban J connectivity index is 2.90. The lowest BCUT2D eigenvalue weighted by Crippen LogP contribution is -1.88. The zero-order chi connectivity index (χ0) is 8.72. The maximum absolute atomic E-state index is 5.65. The first-order valence-corrected chi connectivity index (χ1v) is 4.48. The third-order valence-corrected chi connectivity index (χ3v) is 2.45. The molecule has 12 heavy (non-hydrogen) atoms. The monoisotopic (exact) mass is 245 g/mol. The fraction of sp³-hybridized carbons (Fsp3) is 0.143. The molecule has 62 valence electrons. The number of halogens is 2. The summed E-state index contributed by atoms with van der Waals surface area (Å²) in [5, 5.41) is 1.25. The minimum atomic E-state index is 0.274. The predicted molar refractivity (Wildman–Crippen MR) is 51.2 cm³/mol. The topological polar surface area (TPSA) is 30.7 Å². The molecule has 0 saturated heterocycles. The first-order chi connectivity index (χ1) is 5.68. The van der Waals surface area contributed by atoms with E-state index in [4.69, 9.17) is 11.6 Å². The molecule has 0 atom stereocenters. The van der Waals surface area contributed by atoms with Crippen molar-refractivity contribution in [3.63, 3.8) is 0 Å². The molecule has 5 heteroatoms. The SMILES string of the molecule is Cn1cc(Br)c2cnc(Cl)nc21. The Labute approximate surface area is 82.5 Å². The van der Waals surface area contributed by atoms with Gasteiger partial charge in [-0.25, -0.2) is 4.98 Å². The average molecular weight is 246 g/mol. The first-order valence-electron chi connectivity index (χ1n) is 3.31. The highest BCUT2D eigenvalue weighted by atomic mass is 79.9. The Bertz CT molecular complexity index is 437. The molecule has 0 saturated carbocycles. The van der Waals surface area contributed by atoms with Crippen LogP contribution in [0.1, 0.15) is 0 Å². The quantitative estimate of drug-likeness (QED) is 0.668. The Morgan fingerprint density at radius 3 is 3.08 bits per heavy atom. The van der Waals surface area contributed by atoms with Crippen LogP contribution in [-0.4, -0.2) is 14.5 Å². The van der Waals surface area contributed by atoms with E-state index in [1.54, 1.807) is 6.20 Å². The van der Waals surface area contributed by atoms with Crippen LogP contribution in [0.25, 0.3) is 11.0 Å². The minimum absolute atomic E-state index is 0.274. The van der Waals surface area contributed by atoms with Crippen LogP contribution in [0.5, 0.6) is 0 Å². The third kappa shape index (κ3) is 1.11. The summed E-state index contributed by atoms with van der Waals surface area (Å²) in [4.78, 5) is 7.98. The second kappa shape index (κ2) is 2.71. The van der Waals surface area contributed by atoms with Crippen molar-refractivity contribution in [2.24, 2.45) is 7.05 Å². The Hall–Kier alpha value is -0.610. The van der Waals surface area contributed by atoms with E-state index in [-0.39, 0.29) is 5.28 Å². The van der Waals surface area contributed by atoms with Crippen LogP contribution in [0.15, 0.2) is 16.9 Å². The number of nitrogens with zero attached hydrogens (tertiary/aromatic N) is 3. The lowest BCUT2D eigenvalue weighted by molar-refractivity contribution is 0.942. The lowest BCUT2D eigenvalue weighted by atomic mass is 10.4. The summed E-state index contributed by atoms with van der Waals surface area (Å²) in [6, 6.07) is 0. The van der Waals surface area contributed by atoms with Crippen LogP contribution >= 0.6 is 27.5 Å². The molecule has 2 heterocycles. The van der Waals surface area contributed by atoms with Crippen LogP contribution in [0.3, 0.4) is 0 Å². The maximum atomic E-state index is 5.65. The minimum Gasteiger partial charge on any atom is -0.334 e. The van der Waals surface area contributed by atoms with Gasteiger partial charge in [-0.05, 0) is 27.5 Å². The zero-order valence-corrected chi connectivity index (χ0v) is 8.59. The van der Waals surface area contributed by atoms with Crippen molar-refractivity contribution in [3.05, 3.63) is 22.1 Å². The fourth-order valence-corrected chi connectivity index (χ4v) is 1.81. The van der Waals surface area contributed by atoms with Gasteiger partial charge in [-0.1, -0.05) is 0 Å². The van der Waals surface area contributed by atoms with Crippen molar-refractivity contribution in [2.45, 2.75) is 0 Å². The molecule has 0 unspecified atom stereocenters. The van der Waals surface area contributed by atoms with Gasteiger partial charge in [-0.15, -0.1) is 0 Å². The summed E-state index contributed by atoms with van der Waals surface area (Å²) >= 11 is 9.05. The van der Waals surface area contributed by atoms with Gasteiger partial charge in [0, 0.05) is 23.9 Å². The second-order valence-corrected chi connectivity index (χ2v) is 3.66. The van der Waals surface area contributed by atoms with Gasteiger partial charge in [0.1, 0.15) is 5.65 Å². The summed E-state index contributed by atoms with van der Waals surface area (Å²) in [5.41, 5.74) is 0.835. The Morgan fingerprint density at radius 2 is 2.33 bits per heavy atom. The van der Waals surface area contributed by atoms with E-state index in [0.29, 0.717) is 0 Å². The van der Waals surface area contributed by atoms with E-state index >= 15 is 0 Å². The molecule has 0 aromatic carbocycles. The van der Waals surface area contributed by atoms with Crippen LogP contribution < -0.4 is 0 Å². The van der Waals surface area contributed by atoms with Gasteiger partial charge >= 0.3 is 0 Å². The normalized spacial score (nSPS) is 10.9. The van der Waals surface area contributed by atoms with Crippen LogP contribution in [-0.2, 0) is 7.05 Å². The standard InChI is InChI=1S/C7H5BrClN3/c1-12-3-5(8)4-2-10-7(9)11-6(4)12/h2-3H,1H3. The van der Waals surface area contributed by atoms with Gasteiger partial charge in [0.25, 0.3) is 0 Å². The van der Waals surface area contributed by atoms with Crippen molar-refractivity contribution < 1.29 is 0 Å². The summed E-state index contributed by atoms with van der Waals surface area (Å²) in [6.45, 7) is 0. The maximum Gasteiger partial charge on any atom is 0.224 e. The van der Waals surface area contributed by atoms with Crippen LogP contribution in [0.4, 0.5) is 0 Å². The number of aryl methyl sites for hydroxylation is 1. The molecule has 0 aliphatic carbocycles. The van der Waals surface area contributed by atoms with Crippen LogP contribution in [0, 0.1) is 0 Å². The van der Waals surface area contributed by atoms with E-state index in [0.717, 1.165) is 15.5 Å². The molecule has 0 aliphatic rings. The zero-order valence-electron chi connectivity index (χ0n) is 6.25. The molecule has 3 nitrogen and oxygen atoms in total. The molecule has 0 amide bonds. The molecular formula is C7H5BrClN3. The molecule has 2 rings (SSSR count). The second-order valence-electron chi connectivity index (χ2n) is 2.46. The Morgan fingerprint density at radius 1 is 1.58 bits per heavy atom. The number of aromatic nitrogens is 3. The molecule has 0 N–H and O–H groups in total. The molecule has 0 bridgehead atoms. The average Bonchev–Trinajstić information content (AvgIpc) is 2.28. The Kier molecular flexibility index (Phi) is 1.81. The van der Waals surface area contributed by atoms with Crippen molar-refractivity contribution in [3.8, 4) is 0 Å². The van der Waals surface area contributed by atoms with E-state index in [1.165, 1.54) is 0 Å². The first kappa shape index (κ1) is 8.01. The van der Waals surface area contributed by atoms with Crippen molar-refractivity contribution in [2.75, 3.05) is 0 Å². The van der Waals surface area contributed by atoms with Gasteiger partial charge < -0.3 is 4.57 Å². The van der Waals surface area contributed by atoms with E-state index < -0.39 is 0 Å². The van der Waals surface area contributed by atoms with E-state index in [2.05, 4.69) is 25.9 Å². The highest BCUT2D eigenvalue weighted by Crippen LogP contribution is 2.23. The molecule has 0 aliphatic heterocycles. The van der Waals surface area contributed by atoms with E-state index in [1.807, 2.05) is 17.8 Å². The lowest BCUT2D eigenvalue weighted by Gasteiger charge is -1.93. The molecule has 2 aromatic rings. The summed E-state index contributed by atoms with van der Waals surface area (Å²) in [5.74, 6) is 0. The van der Waals surface area contributed by atoms with Crippen molar-refractivity contribution in [1.29, 1.82) is 0 Å². The number of hydrogen-bond acceptors (Lipinski definition) is 2. The molecule has 0 spiro atoms. The summed E-state index contributed by atoms with van der Waals surface area (Å²) in [6.07, 6.45) is 3.63. The molecule has 2 aromatic heterocycles. The van der Waals surface area contributed by atoms with Gasteiger partial charge in [-0.2, -0.15) is 4.98 Å². The predicted octanol–water partition coefficient (Wildman–Crippen LogP) is 2.38. The highest BCUT2D eigenvalue weighted by Gasteiger charge is 2.05. The third-order valence-electron chi connectivity index (χ3n) is 1.64. The van der Waals surface area contributed by atoms with Gasteiger partial charge in [0.2, 0.25) is 5.28 Å². The largest absolute Gasteiger partial charge is 0.334 e. The number of fused-ring (bicyclic) bond motifs is 1. The number of hydrogen-bond donors (Lipinski definition) is 0. The smallest absolute Gasteiger partial charge is 0.224 e. The van der Waals surface area contributed by atoms with Gasteiger partial charge in [0.05, 0.1) is 5.39 Å². The van der Waals surface area contributed by atoms with Crippen LogP contribution in [0.2, 0.25) is 5.28 Å². The number of rotatable bonds is 0. The van der Waals surface area contributed by atoms with Crippen molar-refractivity contribution >= 4 is 38.6 Å². The van der Waals surface area contributed by atoms with Gasteiger partial charge in [-0.3, -0.25) is 0 Å². The summed E-state index contributed by atoms with van der Waals surface area (Å²) in [7, 11) is 1.91. The highest BCUT2D eigenvalue weighted by molar-refractivity contribution is 9.10. The van der Waals surface area contributed by atoms with Gasteiger partial charge in [0.15, 0.2) is 0 Å².